The number of aliphatic hydroxyl groups excluding tert-OH is 2. The third-order valence-electron chi connectivity index (χ3n) is 17.6. The van der Waals surface area contributed by atoms with Gasteiger partial charge < -0.3 is 20.3 Å². The number of hydrogen-bond acceptors (Lipinski definition) is 5. The summed E-state index contributed by atoms with van der Waals surface area (Å²) in [5.41, 5.74) is 0. The molecule has 0 rings (SSSR count). The van der Waals surface area contributed by atoms with Crippen LogP contribution in [0.2, 0.25) is 0 Å². The summed E-state index contributed by atoms with van der Waals surface area (Å²) in [7, 11) is 0. The second-order valence-electron chi connectivity index (χ2n) is 26.0. The van der Waals surface area contributed by atoms with Crippen LogP contribution in [0.15, 0.2) is 36.5 Å². The van der Waals surface area contributed by atoms with Gasteiger partial charge in [-0.25, -0.2) is 0 Å². The fourth-order valence-electron chi connectivity index (χ4n) is 11.8. The fourth-order valence-corrected chi connectivity index (χ4v) is 11.8. The highest BCUT2D eigenvalue weighted by molar-refractivity contribution is 5.76. The Bertz CT molecular complexity index is 1340. The summed E-state index contributed by atoms with van der Waals surface area (Å²) < 4.78 is 5.47. The molecule has 3 N–H and O–H groups in total. The third-order valence-corrected chi connectivity index (χ3v) is 17.6. The van der Waals surface area contributed by atoms with E-state index in [0.717, 1.165) is 44.9 Å². The third kappa shape index (κ3) is 69.1. The first-order valence-electron chi connectivity index (χ1n) is 37.8. The van der Waals surface area contributed by atoms with Crippen molar-refractivity contribution in [2.75, 3.05) is 13.2 Å². The van der Waals surface area contributed by atoms with Crippen molar-refractivity contribution in [3.8, 4) is 0 Å². The van der Waals surface area contributed by atoms with Crippen LogP contribution >= 0.6 is 0 Å². The van der Waals surface area contributed by atoms with Gasteiger partial charge in [0.1, 0.15) is 0 Å². The van der Waals surface area contributed by atoms with E-state index in [2.05, 4.69) is 43.5 Å². The minimum absolute atomic E-state index is 0.00922. The topological polar surface area (TPSA) is 95.9 Å². The molecular weight excluding hydrogens is 1020 g/mol. The molecule has 1 amide bonds. The van der Waals surface area contributed by atoms with Gasteiger partial charge in [0.15, 0.2) is 0 Å². The van der Waals surface area contributed by atoms with Crippen molar-refractivity contribution >= 4 is 11.9 Å². The van der Waals surface area contributed by atoms with Crippen LogP contribution in [0.1, 0.15) is 418 Å². The summed E-state index contributed by atoms with van der Waals surface area (Å²) in [5.74, 6) is -0.0512. The molecule has 6 heteroatoms. The van der Waals surface area contributed by atoms with Crippen molar-refractivity contribution in [3.63, 3.8) is 0 Å². The number of ether oxygens (including phenoxy) is 1. The number of rotatable bonds is 71. The number of unbranched alkanes of at least 4 members (excludes halogenated alkanes) is 56. The van der Waals surface area contributed by atoms with E-state index in [1.165, 1.54) is 347 Å². The van der Waals surface area contributed by atoms with Crippen molar-refractivity contribution in [3.05, 3.63) is 36.5 Å². The maximum atomic E-state index is 12.5. The number of nitrogens with one attached hydrogen (secondary N) is 1. The zero-order valence-electron chi connectivity index (χ0n) is 56.2. The van der Waals surface area contributed by atoms with Gasteiger partial charge in [0.2, 0.25) is 5.91 Å². The lowest BCUT2D eigenvalue weighted by molar-refractivity contribution is -0.143. The minimum Gasteiger partial charge on any atom is -0.466 e. The molecule has 0 aromatic heterocycles. The molecule has 0 bridgehead atoms. The molecule has 0 aliphatic rings. The van der Waals surface area contributed by atoms with E-state index in [1.807, 2.05) is 6.08 Å². The normalized spacial score (nSPS) is 12.7. The number of aliphatic hydroxyl groups is 2. The van der Waals surface area contributed by atoms with Crippen LogP contribution < -0.4 is 5.32 Å². The van der Waals surface area contributed by atoms with Crippen molar-refractivity contribution in [1.82, 2.24) is 5.32 Å². The van der Waals surface area contributed by atoms with E-state index in [1.54, 1.807) is 6.08 Å². The van der Waals surface area contributed by atoms with Crippen LogP contribution in [0.5, 0.6) is 0 Å². The van der Waals surface area contributed by atoms with Crippen molar-refractivity contribution in [2.24, 2.45) is 0 Å². The van der Waals surface area contributed by atoms with Gasteiger partial charge in [-0.2, -0.15) is 0 Å². The highest BCUT2D eigenvalue weighted by Gasteiger charge is 2.18. The Morgan fingerprint density at radius 1 is 0.325 bits per heavy atom. The smallest absolute Gasteiger partial charge is 0.305 e. The minimum atomic E-state index is -0.843. The van der Waals surface area contributed by atoms with Gasteiger partial charge in [-0.15, -0.1) is 0 Å². The summed E-state index contributed by atoms with van der Waals surface area (Å²) in [6.45, 7) is 4.90. The summed E-state index contributed by atoms with van der Waals surface area (Å²) >= 11 is 0. The van der Waals surface area contributed by atoms with E-state index in [9.17, 15) is 19.8 Å². The molecule has 0 radical (unpaired) electrons. The summed E-state index contributed by atoms with van der Waals surface area (Å²) in [5, 5.41) is 23.3. The SMILES string of the molecule is CCCC/C=C\CCCCCCCC(=O)OCCCCCCCCCCCCCCCC/C=C\CCCCCCCCCCCCCCCCCCCC(=O)NC(CO)C(O)/C=C/CCCCCCCCCCCCCCCCCCCC. The first kappa shape index (κ1) is 81.1. The van der Waals surface area contributed by atoms with E-state index in [4.69, 9.17) is 4.74 Å². The molecule has 2 unspecified atom stereocenters. The van der Waals surface area contributed by atoms with Gasteiger partial charge in [-0.05, 0) is 77.0 Å². The molecule has 0 heterocycles. The molecule has 0 aromatic carbocycles. The Hall–Kier alpha value is -1.92. The standard InChI is InChI=1S/C77H147NO5/c1-3-5-7-9-11-13-15-16-17-18-19-37-40-43-46-50-53-57-61-65-69-75(80)74(73-79)78-76(81)70-66-62-58-54-51-47-44-41-38-35-33-31-29-27-25-23-21-20-22-24-26-28-30-32-34-36-39-42-45-48-52-56-60-64-68-72-83-77(82)71-67-63-59-55-49-14-12-10-8-6-4-2/h10,12,22,24,65,69,74-75,79-80H,3-9,11,13-21,23,25-64,66-68,70-73H2,1-2H3,(H,78,81)/b12-10-,24-22-,69-65+. The Labute approximate surface area is 519 Å². The van der Waals surface area contributed by atoms with Crippen LogP contribution in [-0.4, -0.2) is 47.4 Å². The maximum Gasteiger partial charge on any atom is 0.305 e. The average molecular weight is 1170 g/mol. The average Bonchev–Trinajstić information content (AvgIpc) is 3.49. The Morgan fingerprint density at radius 3 is 0.892 bits per heavy atom. The highest BCUT2D eigenvalue weighted by atomic mass is 16.5. The largest absolute Gasteiger partial charge is 0.466 e. The van der Waals surface area contributed by atoms with Gasteiger partial charge in [0.25, 0.3) is 0 Å². The van der Waals surface area contributed by atoms with Gasteiger partial charge in [-0.1, -0.05) is 365 Å². The Kier molecular flexibility index (Phi) is 70.9. The molecule has 0 fully saturated rings. The first-order valence-corrected chi connectivity index (χ1v) is 37.8. The lowest BCUT2D eigenvalue weighted by Crippen LogP contribution is -2.45. The number of carbonyl (C=O) groups excluding carboxylic acids is 2. The van der Waals surface area contributed by atoms with Gasteiger partial charge in [-0.3, -0.25) is 9.59 Å². The van der Waals surface area contributed by atoms with Crippen molar-refractivity contribution < 1.29 is 24.5 Å². The quantitative estimate of drug-likeness (QED) is 0.0320. The number of carbonyl (C=O) groups is 2. The predicted octanol–water partition coefficient (Wildman–Crippen LogP) is 24.7. The van der Waals surface area contributed by atoms with Crippen LogP contribution in [-0.2, 0) is 14.3 Å². The Balaban J connectivity index is 3.37. The monoisotopic (exact) mass is 1170 g/mol. The number of esters is 1. The fraction of sp³-hybridized carbons (Fsp3) is 0.896. The van der Waals surface area contributed by atoms with Gasteiger partial charge in [0.05, 0.1) is 25.4 Å². The number of hydrogen-bond donors (Lipinski definition) is 3. The second-order valence-corrected chi connectivity index (χ2v) is 26.0. The molecule has 0 aromatic rings. The molecule has 6 nitrogen and oxygen atoms in total. The lowest BCUT2D eigenvalue weighted by Gasteiger charge is -2.20. The molecule has 0 saturated carbocycles. The van der Waals surface area contributed by atoms with Crippen LogP contribution in [0.25, 0.3) is 0 Å². The molecule has 0 aliphatic carbocycles. The number of allylic oxidation sites excluding steroid dienone is 5. The molecule has 490 valence electrons. The first-order chi connectivity index (χ1) is 41.0. The van der Waals surface area contributed by atoms with E-state index in [0.29, 0.717) is 19.4 Å². The molecule has 0 spiro atoms. The zero-order chi connectivity index (χ0) is 59.9. The van der Waals surface area contributed by atoms with E-state index >= 15 is 0 Å². The zero-order valence-corrected chi connectivity index (χ0v) is 56.2. The summed E-state index contributed by atoms with van der Waals surface area (Å²) in [6.07, 6.45) is 94.0. The van der Waals surface area contributed by atoms with Crippen molar-refractivity contribution in [2.45, 2.75) is 431 Å². The van der Waals surface area contributed by atoms with Crippen molar-refractivity contribution in [1.29, 1.82) is 0 Å². The lowest BCUT2D eigenvalue weighted by atomic mass is 10.0. The second kappa shape index (κ2) is 72.6. The van der Waals surface area contributed by atoms with Gasteiger partial charge >= 0.3 is 5.97 Å². The predicted molar refractivity (Wildman–Crippen MR) is 366 cm³/mol. The van der Waals surface area contributed by atoms with Gasteiger partial charge in [0, 0.05) is 12.8 Å². The molecule has 83 heavy (non-hydrogen) atoms. The van der Waals surface area contributed by atoms with E-state index in [-0.39, 0.29) is 18.5 Å². The molecular formula is C77H147NO5. The number of amides is 1. The molecule has 0 aliphatic heterocycles. The molecule has 0 saturated heterocycles. The van der Waals surface area contributed by atoms with E-state index < -0.39 is 12.1 Å². The Morgan fingerprint density at radius 2 is 0.578 bits per heavy atom. The summed E-state index contributed by atoms with van der Waals surface area (Å²) in [6, 6.07) is -0.626. The molecule has 2 atom stereocenters. The highest BCUT2D eigenvalue weighted by Crippen LogP contribution is 2.19. The van der Waals surface area contributed by atoms with Crippen LogP contribution in [0.3, 0.4) is 0 Å². The maximum absolute atomic E-state index is 12.5. The summed E-state index contributed by atoms with van der Waals surface area (Å²) in [4.78, 5) is 24.5. The van der Waals surface area contributed by atoms with Crippen LogP contribution in [0, 0.1) is 0 Å². The van der Waals surface area contributed by atoms with Crippen LogP contribution in [0.4, 0.5) is 0 Å².